The molecule has 8 heteroatoms. The number of nitrogens with zero attached hydrogens (tertiary/aromatic N) is 3. The lowest BCUT2D eigenvalue weighted by Gasteiger charge is -2.35. The first kappa shape index (κ1) is 21.0. The number of aromatic nitrogens is 1. The van der Waals surface area contributed by atoms with Gasteiger partial charge in [-0.05, 0) is 31.2 Å². The molecule has 1 aromatic heterocycles. The van der Waals surface area contributed by atoms with Crippen LogP contribution in [0.1, 0.15) is 61.6 Å². The second kappa shape index (κ2) is 7.92. The summed E-state index contributed by atoms with van der Waals surface area (Å²) < 4.78 is 5.45. The Bertz CT molecular complexity index is 1050. The number of nitrogens with one attached hydrogen (secondary N) is 1. The monoisotopic (exact) mass is 438 g/mol. The predicted octanol–water partition coefficient (Wildman–Crippen LogP) is 2.81. The van der Waals surface area contributed by atoms with E-state index in [0.29, 0.717) is 18.0 Å². The molecular weight excluding hydrogens is 408 g/mol. The molecule has 1 saturated heterocycles. The van der Waals surface area contributed by atoms with Gasteiger partial charge in [-0.1, -0.05) is 48.4 Å². The van der Waals surface area contributed by atoms with Crippen LogP contribution < -0.4 is 5.32 Å². The highest BCUT2D eigenvalue weighted by molar-refractivity contribution is 5.94. The molecule has 0 bridgehead atoms. The molecule has 3 aliphatic rings. The Hall–Kier alpha value is -2.87. The van der Waals surface area contributed by atoms with Crippen LogP contribution in [0.2, 0.25) is 0 Å². The van der Waals surface area contributed by atoms with E-state index in [1.54, 1.807) is 4.90 Å². The van der Waals surface area contributed by atoms with Crippen LogP contribution in [0.15, 0.2) is 40.0 Å². The summed E-state index contributed by atoms with van der Waals surface area (Å²) in [7, 11) is 0. The van der Waals surface area contributed by atoms with Crippen molar-refractivity contribution in [2.45, 2.75) is 70.2 Å². The maximum Gasteiger partial charge on any atom is 0.234 e. The van der Waals surface area contributed by atoms with Crippen LogP contribution in [0.5, 0.6) is 0 Å². The third kappa shape index (κ3) is 3.46. The van der Waals surface area contributed by atoms with Crippen molar-refractivity contribution in [1.29, 1.82) is 0 Å². The standard InChI is InChI=1S/C24H30N4O4/c1-14(2)21(20-11-15(3)26-31-20)23(30)28-13-17(29)12-19(28)22-25-24(32-27-22)10-6-8-16-7-4-5-9-18(16)24/h4-5,7,9,11,14,17,19,21,29H,6,8,10,12-13H2,1-3H3,(H,25,27)/t17-,19+,21+,24?/m1/s1. The lowest BCUT2D eigenvalue weighted by Crippen LogP contribution is -2.52. The zero-order valence-electron chi connectivity index (χ0n) is 18.7. The number of β-amino-alcohol motifs (C(OH)–C–C–N with tert-alkyl or cyclic N) is 1. The molecule has 2 aromatic rings. The largest absolute Gasteiger partial charge is 0.391 e. The zero-order chi connectivity index (χ0) is 22.5. The molecule has 1 spiro atoms. The van der Waals surface area contributed by atoms with Crippen molar-refractivity contribution in [2.75, 3.05) is 6.54 Å². The van der Waals surface area contributed by atoms with E-state index in [0.717, 1.165) is 30.5 Å². The van der Waals surface area contributed by atoms with Crippen molar-refractivity contribution < 1.29 is 19.3 Å². The highest BCUT2D eigenvalue weighted by Gasteiger charge is 2.49. The number of amides is 1. The lowest BCUT2D eigenvalue weighted by atomic mass is 9.84. The predicted molar refractivity (Wildman–Crippen MR) is 118 cm³/mol. The zero-order valence-corrected chi connectivity index (χ0v) is 18.7. The topological polar surface area (TPSA) is 100 Å². The Kier molecular flexibility index (Phi) is 5.20. The fourth-order valence-electron chi connectivity index (χ4n) is 5.30. The molecule has 1 unspecified atom stereocenters. The third-order valence-electron chi connectivity index (χ3n) is 6.82. The minimum absolute atomic E-state index is 0.0135. The van der Waals surface area contributed by atoms with E-state index >= 15 is 0 Å². The number of rotatable bonds is 4. The van der Waals surface area contributed by atoms with Gasteiger partial charge in [-0.15, -0.1) is 0 Å². The van der Waals surface area contributed by atoms with Crippen LogP contribution in [-0.2, 0) is 21.8 Å². The number of amidine groups is 1. The Morgan fingerprint density at radius 2 is 2.16 bits per heavy atom. The summed E-state index contributed by atoms with van der Waals surface area (Å²) in [6, 6.07) is 9.69. The molecule has 2 aliphatic heterocycles. The van der Waals surface area contributed by atoms with Crippen LogP contribution >= 0.6 is 0 Å². The third-order valence-corrected chi connectivity index (χ3v) is 6.82. The fourth-order valence-corrected chi connectivity index (χ4v) is 5.30. The Morgan fingerprint density at radius 1 is 1.34 bits per heavy atom. The summed E-state index contributed by atoms with van der Waals surface area (Å²) in [6.45, 7) is 6.08. The van der Waals surface area contributed by atoms with Gasteiger partial charge >= 0.3 is 0 Å². The molecule has 170 valence electrons. The first-order valence-electron chi connectivity index (χ1n) is 11.4. The summed E-state index contributed by atoms with van der Waals surface area (Å²) in [6.07, 6.45) is 2.60. The van der Waals surface area contributed by atoms with E-state index in [-0.39, 0.29) is 24.4 Å². The SMILES string of the molecule is Cc1cc([C@@H](C(=O)N2C[C@H](O)C[C@H]2C2=NOC3(CCCc4ccccc43)N2)C(C)C)on1. The van der Waals surface area contributed by atoms with Crippen molar-refractivity contribution in [3.63, 3.8) is 0 Å². The number of aliphatic hydroxyl groups is 1. The summed E-state index contributed by atoms with van der Waals surface area (Å²) in [5.74, 6) is 0.601. The Balaban J connectivity index is 1.41. The summed E-state index contributed by atoms with van der Waals surface area (Å²) in [4.78, 5) is 21.4. The van der Waals surface area contributed by atoms with Crippen LogP contribution in [0, 0.1) is 12.8 Å². The van der Waals surface area contributed by atoms with E-state index in [4.69, 9.17) is 9.36 Å². The number of carbonyl (C=O) groups excluding carboxylic acids is 1. The van der Waals surface area contributed by atoms with Crippen LogP contribution in [-0.4, -0.2) is 45.6 Å². The molecule has 5 rings (SSSR count). The van der Waals surface area contributed by atoms with Gasteiger partial charge in [-0.25, -0.2) is 0 Å². The molecule has 3 heterocycles. The fraction of sp³-hybridized carbons (Fsp3) is 0.542. The second-order valence-corrected chi connectivity index (χ2v) is 9.52. The van der Waals surface area contributed by atoms with Gasteiger partial charge in [0.25, 0.3) is 0 Å². The highest BCUT2D eigenvalue weighted by Crippen LogP contribution is 2.40. The Morgan fingerprint density at radius 3 is 2.91 bits per heavy atom. The van der Waals surface area contributed by atoms with Crippen LogP contribution in [0.25, 0.3) is 0 Å². The molecule has 1 fully saturated rings. The number of hydrogen-bond donors (Lipinski definition) is 2. The molecule has 32 heavy (non-hydrogen) atoms. The van der Waals surface area contributed by atoms with Gasteiger partial charge in [0.15, 0.2) is 5.84 Å². The van der Waals surface area contributed by atoms with Crippen molar-refractivity contribution in [2.24, 2.45) is 11.1 Å². The van der Waals surface area contributed by atoms with E-state index in [9.17, 15) is 9.90 Å². The number of hydrogen-bond acceptors (Lipinski definition) is 7. The lowest BCUT2D eigenvalue weighted by molar-refractivity contribution is -0.134. The van der Waals surface area contributed by atoms with Gasteiger partial charge < -0.3 is 24.7 Å². The van der Waals surface area contributed by atoms with Crippen molar-refractivity contribution >= 4 is 11.7 Å². The number of likely N-dealkylation sites (tertiary alicyclic amines) is 1. The minimum atomic E-state index is -0.702. The van der Waals surface area contributed by atoms with Gasteiger partial charge in [0.2, 0.25) is 11.6 Å². The van der Waals surface area contributed by atoms with Gasteiger partial charge in [0.1, 0.15) is 11.7 Å². The highest BCUT2D eigenvalue weighted by atomic mass is 16.7. The maximum absolute atomic E-state index is 13.7. The summed E-state index contributed by atoms with van der Waals surface area (Å²) in [5, 5.41) is 22.4. The smallest absolute Gasteiger partial charge is 0.234 e. The number of benzene rings is 1. The summed E-state index contributed by atoms with van der Waals surface area (Å²) >= 11 is 0. The van der Waals surface area contributed by atoms with Crippen LogP contribution in [0.3, 0.4) is 0 Å². The van der Waals surface area contributed by atoms with Gasteiger partial charge in [0, 0.05) is 31.0 Å². The van der Waals surface area contributed by atoms with Crippen molar-refractivity contribution in [3.8, 4) is 0 Å². The summed E-state index contributed by atoms with van der Waals surface area (Å²) in [5.41, 5.74) is 2.39. The van der Waals surface area contributed by atoms with Gasteiger partial charge in [-0.3, -0.25) is 4.79 Å². The number of aliphatic hydroxyl groups excluding tert-OH is 1. The molecular formula is C24H30N4O4. The minimum Gasteiger partial charge on any atom is -0.391 e. The normalized spacial score (nSPS) is 27.8. The van der Waals surface area contributed by atoms with Crippen molar-refractivity contribution in [3.05, 3.63) is 52.9 Å². The molecule has 8 nitrogen and oxygen atoms in total. The molecule has 0 saturated carbocycles. The molecule has 1 aliphatic carbocycles. The van der Waals surface area contributed by atoms with Crippen LogP contribution in [0.4, 0.5) is 0 Å². The number of fused-ring (bicyclic) bond motifs is 2. The second-order valence-electron chi connectivity index (χ2n) is 9.52. The maximum atomic E-state index is 13.7. The first-order valence-corrected chi connectivity index (χ1v) is 11.4. The molecule has 4 atom stereocenters. The van der Waals surface area contributed by atoms with Gasteiger partial charge in [0.05, 0.1) is 17.8 Å². The average Bonchev–Trinajstić information content (AvgIpc) is 3.48. The van der Waals surface area contributed by atoms with Crippen molar-refractivity contribution in [1.82, 2.24) is 15.4 Å². The average molecular weight is 439 g/mol. The molecule has 1 aromatic carbocycles. The van der Waals surface area contributed by atoms with Gasteiger partial charge in [-0.2, -0.15) is 0 Å². The number of oxime groups is 1. The van der Waals surface area contributed by atoms with E-state index < -0.39 is 17.7 Å². The molecule has 1 amide bonds. The van der Waals surface area contributed by atoms with E-state index in [2.05, 4.69) is 27.8 Å². The van der Waals surface area contributed by atoms with E-state index in [1.807, 2.05) is 39.0 Å². The molecule has 0 radical (unpaired) electrons. The quantitative estimate of drug-likeness (QED) is 0.761. The number of aryl methyl sites for hydroxylation is 2. The first-order chi connectivity index (χ1) is 15.4. The Labute approximate surface area is 187 Å². The van der Waals surface area contributed by atoms with E-state index in [1.165, 1.54) is 5.56 Å². The molecule has 2 N–H and O–H groups in total. The number of carbonyl (C=O) groups is 1.